The van der Waals surface area contributed by atoms with Crippen LogP contribution in [-0.4, -0.2) is 47.0 Å². The number of nitrogens with zero attached hydrogens (tertiary/aromatic N) is 1. The minimum atomic E-state index is -0.105. The van der Waals surface area contributed by atoms with Crippen molar-refractivity contribution in [2.45, 2.75) is 97.2 Å². The molecule has 0 aromatic heterocycles. The molecule has 5 rings (SSSR count). The lowest BCUT2D eigenvalue weighted by Gasteiger charge is -2.58. The van der Waals surface area contributed by atoms with E-state index in [1.54, 1.807) is 5.57 Å². The van der Waals surface area contributed by atoms with Crippen LogP contribution in [0.1, 0.15) is 85.0 Å². The summed E-state index contributed by atoms with van der Waals surface area (Å²) in [6.07, 6.45) is 14.5. The van der Waals surface area contributed by atoms with Crippen molar-refractivity contribution < 1.29 is 10.2 Å². The van der Waals surface area contributed by atoms with Gasteiger partial charge in [-0.25, -0.2) is 0 Å². The van der Waals surface area contributed by atoms with Gasteiger partial charge in [-0.05, 0) is 111 Å². The molecular weight excluding hydrogens is 370 g/mol. The summed E-state index contributed by atoms with van der Waals surface area (Å²) in [6.45, 7) is 10.9. The number of aliphatic hydroxyl groups excluding tert-OH is 2. The van der Waals surface area contributed by atoms with Gasteiger partial charge in [0.05, 0.1) is 12.2 Å². The number of hydrogen-bond donors (Lipinski definition) is 2. The van der Waals surface area contributed by atoms with Gasteiger partial charge < -0.3 is 15.1 Å². The molecule has 4 aliphatic carbocycles. The molecule has 9 atom stereocenters. The maximum Gasteiger partial charge on any atom is 0.0667 e. The molecule has 1 aliphatic heterocycles. The molecule has 5 aliphatic rings. The lowest BCUT2D eigenvalue weighted by molar-refractivity contribution is -0.0597. The minimum absolute atomic E-state index is 0.0975. The van der Waals surface area contributed by atoms with E-state index in [9.17, 15) is 10.2 Å². The average molecular weight is 416 g/mol. The zero-order valence-electron chi connectivity index (χ0n) is 19.7. The summed E-state index contributed by atoms with van der Waals surface area (Å²) in [4.78, 5) is 2.55. The summed E-state index contributed by atoms with van der Waals surface area (Å²) >= 11 is 0. The van der Waals surface area contributed by atoms with Gasteiger partial charge in [-0.1, -0.05) is 32.4 Å². The standard InChI is InChI=1S/C27H45NO2/c1-18(16-28-14-4-5-21(30)17-28)23-8-9-24-22-7-6-19-15-20(29)10-12-26(19,2)25(22)11-13-27(23,24)3/h6,18,20-25,29-30H,4-5,7-17H2,1-3H3/t18-,20?,21?,22+,23-,24+,25+,26+,27-/m1/s1. The number of fused-ring (bicyclic) bond motifs is 5. The Morgan fingerprint density at radius 1 is 1.03 bits per heavy atom. The molecule has 3 nitrogen and oxygen atoms in total. The molecule has 0 amide bonds. The van der Waals surface area contributed by atoms with Crippen molar-refractivity contribution in [2.24, 2.45) is 40.4 Å². The van der Waals surface area contributed by atoms with E-state index in [-0.39, 0.29) is 12.2 Å². The molecule has 1 saturated heterocycles. The van der Waals surface area contributed by atoms with Gasteiger partial charge in [-0.15, -0.1) is 0 Å². The van der Waals surface area contributed by atoms with E-state index in [1.807, 2.05) is 0 Å². The van der Waals surface area contributed by atoms with Crippen LogP contribution in [0.5, 0.6) is 0 Å². The molecule has 0 aromatic carbocycles. The van der Waals surface area contributed by atoms with Gasteiger partial charge in [-0.2, -0.15) is 0 Å². The number of hydrogen-bond acceptors (Lipinski definition) is 3. The molecule has 4 fully saturated rings. The summed E-state index contributed by atoms with van der Waals surface area (Å²) in [5.74, 6) is 4.17. The number of piperidine rings is 1. The lowest BCUT2D eigenvalue weighted by Crippen LogP contribution is -2.51. The molecule has 0 bridgehead atoms. The Morgan fingerprint density at radius 2 is 1.87 bits per heavy atom. The molecule has 3 heteroatoms. The molecule has 170 valence electrons. The molecule has 2 unspecified atom stereocenters. The Morgan fingerprint density at radius 3 is 2.67 bits per heavy atom. The lowest BCUT2D eigenvalue weighted by atomic mass is 9.47. The third-order valence-electron chi connectivity index (χ3n) is 10.9. The maximum atomic E-state index is 10.2. The smallest absolute Gasteiger partial charge is 0.0667 e. The second kappa shape index (κ2) is 7.89. The first kappa shape index (κ1) is 21.5. The monoisotopic (exact) mass is 415 g/mol. The number of aliphatic hydroxyl groups is 2. The molecule has 0 radical (unpaired) electrons. The maximum absolute atomic E-state index is 10.2. The summed E-state index contributed by atoms with van der Waals surface area (Å²) in [5, 5.41) is 20.3. The van der Waals surface area contributed by atoms with E-state index < -0.39 is 0 Å². The van der Waals surface area contributed by atoms with Crippen LogP contribution in [0.4, 0.5) is 0 Å². The highest BCUT2D eigenvalue weighted by atomic mass is 16.3. The highest BCUT2D eigenvalue weighted by Crippen LogP contribution is 2.67. The fourth-order valence-electron chi connectivity index (χ4n) is 9.35. The summed E-state index contributed by atoms with van der Waals surface area (Å²) in [6, 6.07) is 0. The van der Waals surface area contributed by atoms with Crippen molar-refractivity contribution in [3.8, 4) is 0 Å². The largest absolute Gasteiger partial charge is 0.393 e. The molecular formula is C27H45NO2. The molecule has 1 heterocycles. The van der Waals surface area contributed by atoms with Crippen LogP contribution >= 0.6 is 0 Å². The van der Waals surface area contributed by atoms with E-state index in [0.717, 1.165) is 61.8 Å². The molecule has 30 heavy (non-hydrogen) atoms. The van der Waals surface area contributed by atoms with E-state index in [2.05, 4.69) is 31.7 Å². The van der Waals surface area contributed by atoms with Crippen LogP contribution in [0.15, 0.2) is 11.6 Å². The van der Waals surface area contributed by atoms with E-state index >= 15 is 0 Å². The SMILES string of the molecule is C[C@H](CN1CCCC(O)C1)[C@H]1CC[C@H]2[C@@H]3CC=C4CC(O)CC[C@]4(C)[C@H]3CC[C@]12C. The third-order valence-corrected chi connectivity index (χ3v) is 10.9. The second-order valence-corrected chi connectivity index (χ2v) is 12.4. The van der Waals surface area contributed by atoms with Crippen LogP contribution in [0.25, 0.3) is 0 Å². The molecule has 0 aromatic rings. The van der Waals surface area contributed by atoms with E-state index in [1.165, 1.54) is 51.6 Å². The van der Waals surface area contributed by atoms with Crippen LogP contribution in [0, 0.1) is 40.4 Å². The van der Waals surface area contributed by atoms with Crippen LogP contribution < -0.4 is 0 Å². The van der Waals surface area contributed by atoms with Gasteiger partial charge in [-0.3, -0.25) is 0 Å². The Balaban J connectivity index is 1.31. The van der Waals surface area contributed by atoms with Gasteiger partial charge in [0.1, 0.15) is 0 Å². The predicted molar refractivity (Wildman–Crippen MR) is 122 cm³/mol. The topological polar surface area (TPSA) is 43.7 Å². The van der Waals surface area contributed by atoms with Gasteiger partial charge in [0.2, 0.25) is 0 Å². The number of rotatable bonds is 3. The Labute approximate surface area is 184 Å². The van der Waals surface area contributed by atoms with Crippen molar-refractivity contribution in [3.05, 3.63) is 11.6 Å². The Bertz CT molecular complexity index is 676. The molecule has 0 spiro atoms. The third kappa shape index (κ3) is 3.42. The van der Waals surface area contributed by atoms with Crippen molar-refractivity contribution in [1.29, 1.82) is 0 Å². The normalized spacial score (nSPS) is 50.2. The fraction of sp³-hybridized carbons (Fsp3) is 0.926. The van der Waals surface area contributed by atoms with Crippen molar-refractivity contribution in [1.82, 2.24) is 4.90 Å². The first-order chi connectivity index (χ1) is 14.3. The van der Waals surface area contributed by atoms with Crippen molar-refractivity contribution in [2.75, 3.05) is 19.6 Å². The molecule has 2 N–H and O–H groups in total. The highest BCUT2D eigenvalue weighted by molar-refractivity contribution is 5.25. The molecule has 3 saturated carbocycles. The average Bonchev–Trinajstić information content (AvgIpc) is 3.06. The zero-order valence-corrected chi connectivity index (χ0v) is 19.7. The minimum Gasteiger partial charge on any atom is -0.393 e. The van der Waals surface area contributed by atoms with E-state index in [4.69, 9.17) is 0 Å². The first-order valence-corrected chi connectivity index (χ1v) is 13.1. The second-order valence-electron chi connectivity index (χ2n) is 12.4. The van der Waals surface area contributed by atoms with Crippen LogP contribution in [0.3, 0.4) is 0 Å². The van der Waals surface area contributed by atoms with Crippen molar-refractivity contribution >= 4 is 0 Å². The Hall–Kier alpha value is -0.380. The van der Waals surface area contributed by atoms with Gasteiger partial charge in [0.25, 0.3) is 0 Å². The van der Waals surface area contributed by atoms with Crippen LogP contribution in [0.2, 0.25) is 0 Å². The Kier molecular flexibility index (Phi) is 5.64. The van der Waals surface area contributed by atoms with Crippen molar-refractivity contribution in [3.63, 3.8) is 0 Å². The quantitative estimate of drug-likeness (QED) is 0.636. The number of allylic oxidation sites excluding steroid dienone is 1. The predicted octanol–water partition coefficient (Wildman–Crippen LogP) is 5.02. The summed E-state index contributed by atoms with van der Waals surface area (Å²) in [5.41, 5.74) is 2.46. The number of β-amino-alcohol motifs (C(OH)–C–C–N with tert-alkyl or cyclic N) is 1. The summed E-state index contributed by atoms with van der Waals surface area (Å²) < 4.78 is 0. The van der Waals surface area contributed by atoms with E-state index in [0.29, 0.717) is 10.8 Å². The summed E-state index contributed by atoms with van der Waals surface area (Å²) in [7, 11) is 0. The zero-order chi connectivity index (χ0) is 21.1. The number of likely N-dealkylation sites (tertiary alicyclic amines) is 1. The van der Waals surface area contributed by atoms with Gasteiger partial charge >= 0.3 is 0 Å². The first-order valence-electron chi connectivity index (χ1n) is 13.1. The van der Waals surface area contributed by atoms with Gasteiger partial charge in [0, 0.05) is 13.1 Å². The fourth-order valence-corrected chi connectivity index (χ4v) is 9.35. The highest BCUT2D eigenvalue weighted by Gasteiger charge is 2.59. The van der Waals surface area contributed by atoms with Crippen LogP contribution in [-0.2, 0) is 0 Å². The van der Waals surface area contributed by atoms with Gasteiger partial charge in [0.15, 0.2) is 0 Å².